The van der Waals surface area contributed by atoms with Gasteiger partial charge in [0.1, 0.15) is 17.6 Å². The van der Waals surface area contributed by atoms with Gasteiger partial charge in [0.2, 0.25) is 23.5 Å². The molecule has 71 heavy (non-hydrogen) atoms. The van der Waals surface area contributed by atoms with E-state index in [1.807, 2.05) is 90.3 Å². The summed E-state index contributed by atoms with van der Waals surface area (Å²) in [6.45, 7) is 24.9. The number of likely N-dealkylation sites (tertiary alicyclic amines) is 2. The number of esters is 1. The maximum Gasteiger partial charge on any atom is 0.376 e. The summed E-state index contributed by atoms with van der Waals surface area (Å²) in [5, 5.41) is 33.6. The third-order valence-electron chi connectivity index (χ3n) is 11.3. The van der Waals surface area contributed by atoms with Crippen molar-refractivity contribution >= 4 is 35.1 Å². The second kappa shape index (κ2) is 28.9. The van der Waals surface area contributed by atoms with Crippen molar-refractivity contribution in [1.82, 2.24) is 49.0 Å². The van der Waals surface area contributed by atoms with Gasteiger partial charge in [0.05, 0.1) is 44.8 Å². The molecule has 2 fully saturated rings. The molecule has 4 N–H and O–H groups in total. The number of aliphatic hydroxyl groups is 1. The minimum atomic E-state index is -1.18. The summed E-state index contributed by atoms with van der Waals surface area (Å²) in [4.78, 5) is 45.9. The number of aromatic nitrogens is 8. The molecule has 19 nitrogen and oxygen atoms in total. The van der Waals surface area contributed by atoms with Crippen molar-refractivity contribution in [2.45, 2.75) is 118 Å². The number of nitrogens with one attached hydrogen (secondary N) is 2. The molecule has 20 heteroatoms. The smallest absolute Gasteiger partial charge is 0.376 e. The first-order chi connectivity index (χ1) is 33.5. The molecule has 0 aliphatic carbocycles. The zero-order valence-electron chi connectivity index (χ0n) is 43.7. The first-order valence-electron chi connectivity index (χ1n) is 24.0. The molecule has 0 amide bonds. The Bertz CT molecular complexity index is 2580. The molecule has 4 atom stereocenters. The Balaban J connectivity index is 0.000000305. The molecule has 8 rings (SSSR count). The molecule has 2 unspecified atom stereocenters. The van der Waals surface area contributed by atoms with Crippen LogP contribution in [0, 0.1) is 6.92 Å². The molecule has 2 aliphatic heterocycles. The van der Waals surface area contributed by atoms with Crippen molar-refractivity contribution in [3.63, 3.8) is 0 Å². The molecule has 0 saturated carbocycles. The molecule has 1 radical (unpaired) electrons. The molecule has 2 aromatic carbocycles. The standard InChI is InChI=1S/C23H30N6O3.C18H21N5O3.C5H11NO.C3H8.C2H5.V/c1-14(2)19-12-24-29-21(19)26-20(22(30)32-18-9-10-28(4)13-18)27-23(29)25-15(3)16-7-6-8-17(11-16)31-5;1-10(2)14-9-19-23-16(14)21-15(17(24)25)22-18(23)20-11(3)12-6-5-7-13(8-12)26-4;1-6-3-2-5(7)4-6;1-3-2;1-2;/h6-8,11-12,14-15,18H,9-10,13H2,1-5H3,(H,25,26,27);5-11H,1-4H3,(H,24,25)(H,20,21,22);5,7H,2-4H2,1H3;3H2,1-2H3;1H2,2H3;/q;;;;-1;/t15-,18?;11-;;;;/m00..../s1. The van der Waals surface area contributed by atoms with Gasteiger partial charge in [-0.3, -0.25) is 0 Å². The molecule has 4 aromatic heterocycles. The van der Waals surface area contributed by atoms with E-state index in [9.17, 15) is 14.7 Å². The Labute approximate surface area is 431 Å². The van der Waals surface area contributed by atoms with Crippen molar-refractivity contribution in [2.24, 2.45) is 0 Å². The molecule has 387 valence electrons. The van der Waals surface area contributed by atoms with E-state index in [4.69, 9.17) is 19.3 Å². The fourth-order valence-electron chi connectivity index (χ4n) is 7.46. The van der Waals surface area contributed by atoms with Crippen LogP contribution in [0.15, 0.2) is 60.9 Å². The van der Waals surface area contributed by atoms with E-state index in [0.29, 0.717) is 23.2 Å². The van der Waals surface area contributed by atoms with Crippen LogP contribution in [0.25, 0.3) is 11.3 Å². The summed E-state index contributed by atoms with van der Waals surface area (Å²) in [6.07, 6.45) is 6.29. The van der Waals surface area contributed by atoms with E-state index >= 15 is 0 Å². The van der Waals surface area contributed by atoms with Gasteiger partial charge in [0.25, 0.3) is 0 Å². The number of ether oxygens (including phenoxy) is 3. The maximum absolute atomic E-state index is 12.9. The number of likely N-dealkylation sites (N-methyl/N-ethyl adjacent to an activating group) is 2. The minimum Gasteiger partial charge on any atom is -0.497 e. The Hall–Kier alpha value is -5.86. The largest absolute Gasteiger partial charge is 0.497 e. The number of carbonyl (C=O) groups excluding carboxylic acids is 1. The number of fused-ring (bicyclic) bond motifs is 2. The number of methoxy groups -OCH3 is 2. The number of carboxylic acid groups (broad SMARTS) is 1. The van der Waals surface area contributed by atoms with Gasteiger partial charge in [-0.1, -0.05) is 72.2 Å². The Kier molecular flexibility index (Phi) is 24.2. The van der Waals surface area contributed by atoms with Crippen molar-refractivity contribution in [3.8, 4) is 11.5 Å². The van der Waals surface area contributed by atoms with Crippen LogP contribution in [0.4, 0.5) is 11.9 Å². The fraction of sp³-hybridized carbons (Fsp3) is 0.510. The van der Waals surface area contributed by atoms with Gasteiger partial charge in [-0.2, -0.15) is 36.1 Å². The third kappa shape index (κ3) is 16.6. The zero-order valence-corrected chi connectivity index (χ0v) is 45.1. The number of aliphatic hydroxyl groups excluding tert-OH is 1. The molecule has 6 aromatic rings. The van der Waals surface area contributed by atoms with Crippen LogP contribution in [0.1, 0.15) is 149 Å². The maximum atomic E-state index is 12.9. The van der Waals surface area contributed by atoms with Gasteiger partial charge in [0.15, 0.2) is 11.3 Å². The fourth-order valence-corrected chi connectivity index (χ4v) is 7.46. The van der Waals surface area contributed by atoms with Gasteiger partial charge in [-0.25, -0.2) is 19.6 Å². The van der Waals surface area contributed by atoms with Crippen molar-refractivity contribution < 1.29 is 52.6 Å². The van der Waals surface area contributed by atoms with Crippen molar-refractivity contribution in [2.75, 3.05) is 65.1 Å². The molecule has 0 bridgehead atoms. The molecular formula is C51H75N12O7V-. The average molecular weight is 1020 g/mol. The van der Waals surface area contributed by atoms with E-state index in [2.05, 4.69) is 85.2 Å². The molecule has 2 aliphatic rings. The summed E-state index contributed by atoms with van der Waals surface area (Å²) in [5.41, 5.74) is 4.90. The number of hydrogen-bond donors (Lipinski definition) is 4. The number of carbonyl (C=O) groups is 2. The summed E-state index contributed by atoms with van der Waals surface area (Å²) >= 11 is 0. The van der Waals surface area contributed by atoms with Crippen LogP contribution in [0.3, 0.4) is 0 Å². The van der Waals surface area contributed by atoms with Crippen molar-refractivity contribution in [1.29, 1.82) is 0 Å². The van der Waals surface area contributed by atoms with Crippen LogP contribution in [-0.2, 0) is 23.3 Å². The summed E-state index contributed by atoms with van der Waals surface area (Å²) in [7, 11) is 7.29. The number of β-amino-alcohol motifs (C(OH)–C–C–N with tert-alkyl or cyclic N) is 1. The monoisotopic (exact) mass is 1020 g/mol. The number of carboxylic acids is 1. The quantitative estimate of drug-likeness (QED) is 0.0631. The number of hydrogen-bond acceptors (Lipinski definition) is 16. The predicted molar refractivity (Wildman–Crippen MR) is 273 cm³/mol. The van der Waals surface area contributed by atoms with Gasteiger partial charge < -0.3 is 51.8 Å². The first kappa shape index (κ1) is 59.5. The molecule has 0 spiro atoms. The van der Waals surface area contributed by atoms with Crippen LogP contribution in [-0.4, -0.2) is 138 Å². The normalized spacial score (nSPS) is 16.2. The summed E-state index contributed by atoms with van der Waals surface area (Å²) in [6, 6.07) is 15.2. The third-order valence-corrected chi connectivity index (χ3v) is 11.3. The Morgan fingerprint density at radius 1 is 0.718 bits per heavy atom. The van der Waals surface area contributed by atoms with Crippen LogP contribution in [0.5, 0.6) is 11.5 Å². The van der Waals surface area contributed by atoms with Gasteiger partial charge in [0, 0.05) is 55.9 Å². The van der Waals surface area contributed by atoms with Gasteiger partial charge in [-0.15, -0.1) is 0 Å². The van der Waals surface area contributed by atoms with Crippen LogP contribution < -0.4 is 20.1 Å². The summed E-state index contributed by atoms with van der Waals surface area (Å²) in [5.74, 6) is 0.720. The summed E-state index contributed by atoms with van der Waals surface area (Å²) < 4.78 is 19.5. The average Bonchev–Trinajstić information content (AvgIpc) is 4.17. The van der Waals surface area contributed by atoms with E-state index in [-0.39, 0.29) is 66.3 Å². The number of nitrogens with zero attached hydrogens (tertiary/aromatic N) is 10. The number of aromatic carboxylic acids is 1. The molecule has 2 saturated heterocycles. The van der Waals surface area contributed by atoms with Crippen molar-refractivity contribution in [3.05, 3.63) is 102 Å². The minimum absolute atomic E-state index is 0. The SMILES string of the molecule is CCC.CN1CCC(O)C1.COc1cccc([C@H](C)Nc2nc(C(=O)O)nc3c(C(C)C)cnn23)c1.COc1cccc([C@H](C)Nc2nc(C(=O)OC3CCN(C)C3)nc3c(C(C)C)cnn23)c1.[CH2-]C.[V]. The predicted octanol–water partition coefficient (Wildman–Crippen LogP) is 8.35. The van der Waals surface area contributed by atoms with Gasteiger partial charge >= 0.3 is 11.9 Å². The van der Waals surface area contributed by atoms with E-state index in [1.165, 1.54) is 6.42 Å². The number of benzene rings is 2. The molecule has 6 heterocycles. The van der Waals surface area contributed by atoms with E-state index < -0.39 is 11.9 Å². The second-order valence-corrected chi connectivity index (χ2v) is 17.8. The molecular weight excluding hydrogens is 944 g/mol. The first-order valence-corrected chi connectivity index (χ1v) is 24.0. The van der Waals surface area contributed by atoms with E-state index in [0.717, 1.165) is 72.8 Å². The number of rotatable bonds is 13. The zero-order chi connectivity index (χ0) is 51.7. The van der Waals surface area contributed by atoms with Crippen LogP contribution >= 0.6 is 0 Å². The second-order valence-electron chi connectivity index (χ2n) is 17.8. The van der Waals surface area contributed by atoms with Crippen LogP contribution in [0.2, 0.25) is 0 Å². The van der Waals surface area contributed by atoms with Gasteiger partial charge in [-0.05, 0) is 88.0 Å². The topological polar surface area (TPSA) is 219 Å². The van der Waals surface area contributed by atoms with E-state index in [1.54, 1.807) is 42.6 Å². The Morgan fingerprint density at radius 2 is 1.15 bits per heavy atom. The Morgan fingerprint density at radius 3 is 1.52 bits per heavy atom. The number of anilines is 2.